The highest BCUT2D eigenvalue weighted by Gasteiger charge is 2.39. The molecule has 8 nitrogen and oxygen atoms in total. The van der Waals surface area contributed by atoms with Crippen molar-refractivity contribution in [2.45, 2.75) is 70.5 Å². The molecule has 1 aromatic carbocycles. The molecule has 0 radical (unpaired) electrons. The molecule has 3 aliphatic heterocycles. The summed E-state index contributed by atoms with van der Waals surface area (Å²) in [5.41, 5.74) is 8.46. The van der Waals surface area contributed by atoms with Gasteiger partial charge in [0.05, 0.1) is 0 Å². The van der Waals surface area contributed by atoms with E-state index in [0.717, 1.165) is 51.3 Å². The van der Waals surface area contributed by atoms with Gasteiger partial charge in [-0.1, -0.05) is 37.8 Å². The molecular weight excluding hydrogens is 430 g/mol. The van der Waals surface area contributed by atoms with Crippen molar-refractivity contribution >= 4 is 17.7 Å². The molecule has 0 aliphatic carbocycles. The zero-order valence-electron chi connectivity index (χ0n) is 20.3. The number of hydrogen-bond acceptors (Lipinski definition) is 6. The van der Waals surface area contributed by atoms with E-state index in [1.54, 1.807) is 4.90 Å². The first-order valence-corrected chi connectivity index (χ1v) is 13.0. The van der Waals surface area contributed by atoms with Gasteiger partial charge in [0.2, 0.25) is 11.8 Å². The Hall–Kier alpha value is -2.29. The third-order valence-electron chi connectivity index (χ3n) is 7.47. The van der Waals surface area contributed by atoms with Crippen LogP contribution in [0.5, 0.6) is 0 Å². The van der Waals surface area contributed by atoms with Crippen molar-refractivity contribution in [3.63, 3.8) is 0 Å². The Labute approximate surface area is 202 Å². The Balaban J connectivity index is 1.25. The highest BCUT2D eigenvalue weighted by Crippen LogP contribution is 2.30. The van der Waals surface area contributed by atoms with Crippen LogP contribution in [0.2, 0.25) is 0 Å². The molecule has 2 fully saturated rings. The van der Waals surface area contributed by atoms with Crippen LogP contribution in [0.4, 0.5) is 0 Å². The van der Waals surface area contributed by atoms with E-state index in [1.807, 2.05) is 12.1 Å². The largest absolute Gasteiger partial charge is 0.330 e. The molecule has 186 valence electrons. The standard InChI is InChI=1S/C26H39N5O3/c27-12-5-3-1-2-4-6-13-29-14-16-30(17-15-29)18-20-8-7-9-21-22(20)19-31(26(21)34)23-10-11-24(32)28-25(23)33/h7-9,23H,1-6,10-19,27H2,(H,28,32,33). The van der Waals surface area contributed by atoms with E-state index in [2.05, 4.69) is 21.2 Å². The second-order valence-electron chi connectivity index (χ2n) is 9.87. The number of carbonyl (C=O) groups is 3. The van der Waals surface area contributed by atoms with E-state index in [4.69, 9.17) is 5.73 Å². The molecule has 1 aromatic rings. The molecule has 1 atom stereocenters. The summed E-state index contributed by atoms with van der Waals surface area (Å²) < 4.78 is 0. The zero-order chi connectivity index (χ0) is 23.9. The third kappa shape index (κ3) is 6.03. The second kappa shape index (κ2) is 11.9. The molecule has 8 heteroatoms. The molecule has 0 spiro atoms. The first-order chi connectivity index (χ1) is 16.6. The average molecular weight is 470 g/mol. The molecule has 1 unspecified atom stereocenters. The number of nitrogens with one attached hydrogen (secondary N) is 1. The molecule has 3 heterocycles. The molecule has 4 rings (SSSR count). The number of imide groups is 1. The Morgan fingerprint density at radius 2 is 1.62 bits per heavy atom. The van der Waals surface area contributed by atoms with Gasteiger partial charge in [0, 0.05) is 51.3 Å². The lowest BCUT2D eigenvalue weighted by molar-refractivity contribution is -0.136. The van der Waals surface area contributed by atoms with Crippen LogP contribution in [0.3, 0.4) is 0 Å². The lowest BCUT2D eigenvalue weighted by atomic mass is 10.0. The number of piperazine rings is 1. The first-order valence-electron chi connectivity index (χ1n) is 13.0. The number of rotatable bonds is 11. The molecule has 0 bridgehead atoms. The summed E-state index contributed by atoms with van der Waals surface area (Å²) in [6.45, 7) is 7.50. The second-order valence-corrected chi connectivity index (χ2v) is 9.87. The summed E-state index contributed by atoms with van der Waals surface area (Å²) in [4.78, 5) is 43.6. The number of benzene rings is 1. The maximum absolute atomic E-state index is 13.0. The molecule has 34 heavy (non-hydrogen) atoms. The Kier molecular flexibility index (Phi) is 8.69. The van der Waals surface area contributed by atoms with Gasteiger partial charge in [-0.15, -0.1) is 0 Å². The number of fused-ring (bicyclic) bond motifs is 1. The number of unbranched alkanes of at least 4 members (excludes halogenated alkanes) is 5. The van der Waals surface area contributed by atoms with Crippen LogP contribution in [0, 0.1) is 0 Å². The minimum Gasteiger partial charge on any atom is -0.330 e. The third-order valence-corrected chi connectivity index (χ3v) is 7.47. The molecule has 0 saturated carbocycles. The summed E-state index contributed by atoms with van der Waals surface area (Å²) in [6.07, 6.45) is 8.28. The van der Waals surface area contributed by atoms with E-state index in [0.29, 0.717) is 18.5 Å². The normalized spacial score (nSPS) is 21.7. The summed E-state index contributed by atoms with van der Waals surface area (Å²) in [6, 6.07) is 5.36. The molecule has 0 aromatic heterocycles. The van der Waals surface area contributed by atoms with Crippen LogP contribution in [0.15, 0.2) is 18.2 Å². The Morgan fingerprint density at radius 1 is 0.912 bits per heavy atom. The molecule has 2 saturated heterocycles. The summed E-state index contributed by atoms with van der Waals surface area (Å²) in [7, 11) is 0. The molecule has 3 amide bonds. The van der Waals surface area contributed by atoms with Gasteiger partial charge >= 0.3 is 0 Å². The monoisotopic (exact) mass is 469 g/mol. The maximum atomic E-state index is 13.0. The Bertz CT molecular complexity index is 881. The van der Waals surface area contributed by atoms with Crippen LogP contribution >= 0.6 is 0 Å². The van der Waals surface area contributed by atoms with Crippen molar-refractivity contribution < 1.29 is 14.4 Å². The fraction of sp³-hybridized carbons (Fsp3) is 0.654. The van der Waals surface area contributed by atoms with Crippen LogP contribution in [0.1, 0.15) is 72.9 Å². The molecular formula is C26H39N5O3. The first kappa shape index (κ1) is 24.8. The SMILES string of the molecule is NCCCCCCCCN1CCN(Cc2cccc3c2CN(C2CCC(=O)NC2=O)C3=O)CC1. The number of piperidine rings is 1. The van der Waals surface area contributed by atoms with Gasteiger partial charge in [-0.3, -0.25) is 24.6 Å². The Morgan fingerprint density at radius 3 is 2.35 bits per heavy atom. The van der Waals surface area contributed by atoms with Crippen molar-refractivity contribution in [3.8, 4) is 0 Å². The molecule has 3 aliphatic rings. The van der Waals surface area contributed by atoms with Crippen molar-refractivity contribution in [1.29, 1.82) is 0 Å². The van der Waals surface area contributed by atoms with E-state index >= 15 is 0 Å². The summed E-state index contributed by atoms with van der Waals surface area (Å²) in [5, 5.41) is 2.38. The minimum atomic E-state index is -0.561. The van der Waals surface area contributed by atoms with Gasteiger partial charge in [0.15, 0.2) is 0 Å². The highest BCUT2D eigenvalue weighted by molar-refractivity contribution is 6.05. The van der Waals surface area contributed by atoms with Gasteiger partial charge in [-0.2, -0.15) is 0 Å². The van der Waals surface area contributed by atoms with Gasteiger partial charge in [0.1, 0.15) is 6.04 Å². The van der Waals surface area contributed by atoms with E-state index in [1.165, 1.54) is 44.2 Å². The lowest BCUT2D eigenvalue weighted by Gasteiger charge is -2.35. The predicted molar refractivity (Wildman–Crippen MR) is 131 cm³/mol. The van der Waals surface area contributed by atoms with Crippen LogP contribution in [0.25, 0.3) is 0 Å². The highest BCUT2D eigenvalue weighted by atomic mass is 16.2. The fourth-order valence-corrected chi connectivity index (χ4v) is 5.40. The number of hydrogen-bond donors (Lipinski definition) is 2. The van der Waals surface area contributed by atoms with Crippen molar-refractivity contribution in [2.75, 3.05) is 39.3 Å². The summed E-state index contributed by atoms with van der Waals surface area (Å²) in [5.74, 6) is -0.711. The molecule has 3 N–H and O–H groups in total. The van der Waals surface area contributed by atoms with Gasteiger partial charge in [-0.25, -0.2) is 0 Å². The minimum absolute atomic E-state index is 0.0980. The summed E-state index contributed by atoms with van der Waals surface area (Å²) >= 11 is 0. The number of nitrogens with two attached hydrogens (primary N) is 1. The number of amides is 3. The van der Waals surface area contributed by atoms with Crippen molar-refractivity contribution in [1.82, 2.24) is 20.0 Å². The zero-order valence-corrected chi connectivity index (χ0v) is 20.3. The van der Waals surface area contributed by atoms with Crippen LogP contribution < -0.4 is 11.1 Å². The van der Waals surface area contributed by atoms with E-state index in [9.17, 15) is 14.4 Å². The number of carbonyl (C=O) groups excluding carboxylic acids is 3. The maximum Gasteiger partial charge on any atom is 0.255 e. The van der Waals surface area contributed by atoms with Gasteiger partial charge < -0.3 is 15.5 Å². The fourth-order valence-electron chi connectivity index (χ4n) is 5.40. The lowest BCUT2D eigenvalue weighted by Crippen LogP contribution is -2.52. The van der Waals surface area contributed by atoms with Crippen LogP contribution in [-0.4, -0.2) is 77.7 Å². The topological polar surface area (TPSA) is 99.0 Å². The van der Waals surface area contributed by atoms with Crippen molar-refractivity contribution in [2.24, 2.45) is 5.73 Å². The van der Waals surface area contributed by atoms with E-state index < -0.39 is 6.04 Å². The average Bonchev–Trinajstić information content (AvgIpc) is 3.17. The van der Waals surface area contributed by atoms with Crippen LogP contribution in [-0.2, 0) is 22.7 Å². The van der Waals surface area contributed by atoms with Gasteiger partial charge in [-0.05, 0) is 49.5 Å². The smallest absolute Gasteiger partial charge is 0.255 e. The predicted octanol–water partition coefficient (Wildman–Crippen LogP) is 1.86. The quantitative estimate of drug-likeness (QED) is 0.379. The van der Waals surface area contributed by atoms with E-state index in [-0.39, 0.29) is 24.1 Å². The van der Waals surface area contributed by atoms with Gasteiger partial charge in [0.25, 0.3) is 5.91 Å². The van der Waals surface area contributed by atoms with Crippen molar-refractivity contribution in [3.05, 3.63) is 34.9 Å². The number of nitrogens with zero attached hydrogens (tertiary/aromatic N) is 3.